The van der Waals surface area contributed by atoms with Gasteiger partial charge in [0.15, 0.2) is 14.1 Å². The third kappa shape index (κ3) is 2.79. The van der Waals surface area contributed by atoms with Crippen LogP contribution in [0.1, 0.15) is 67.7 Å². The van der Waals surface area contributed by atoms with Gasteiger partial charge in [-0.05, 0) is 82.7 Å². The topological polar surface area (TPSA) is 26.3 Å². The molecule has 0 N–H and O–H groups in total. The highest BCUT2D eigenvalue weighted by molar-refractivity contribution is 6.74. The van der Waals surface area contributed by atoms with Gasteiger partial charge in [0.2, 0.25) is 0 Å². The van der Waals surface area contributed by atoms with E-state index in [1.54, 1.807) is 0 Å². The summed E-state index contributed by atoms with van der Waals surface area (Å²) < 4.78 is 7.23. The van der Waals surface area contributed by atoms with E-state index in [1.807, 2.05) is 6.08 Å². The Bertz CT molecular complexity index is 766. The molecule has 0 radical (unpaired) electrons. The Balaban J connectivity index is 1.82. The van der Waals surface area contributed by atoms with Gasteiger partial charge in [0.05, 0.1) is 6.10 Å². The summed E-state index contributed by atoms with van der Waals surface area (Å²) in [6, 6.07) is 0. The molecule has 0 amide bonds. The van der Waals surface area contributed by atoms with Gasteiger partial charge in [-0.3, -0.25) is 4.79 Å². The van der Waals surface area contributed by atoms with E-state index in [0.717, 1.165) is 5.92 Å². The zero-order valence-corrected chi connectivity index (χ0v) is 20.5. The van der Waals surface area contributed by atoms with Gasteiger partial charge in [-0.2, -0.15) is 0 Å². The molecule has 2 fully saturated rings. The molecule has 0 aromatic heterocycles. The molecule has 28 heavy (non-hydrogen) atoms. The highest BCUT2D eigenvalue weighted by atomic mass is 28.4. The highest BCUT2D eigenvalue weighted by Gasteiger charge is 2.69. The quantitative estimate of drug-likeness (QED) is 0.492. The van der Waals surface area contributed by atoms with Gasteiger partial charge in [0, 0.05) is 6.42 Å². The zero-order valence-electron chi connectivity index (χ0n) is 19.5. The van der Waals surface area contributed by atoms with E-state index < -0.39 is 8.32 Å². The first-order chi connectivity index (χ1) is 12.7. The Morgan fingerprint density at radius 3 is 2.39 bits per heavy atom. The van der Waals surface area contributed by atoms with Crippen molar-refractivity contribution in [3.63, 3.8) is 0 Å². The average Bonchev–Trinajstić information content (AvgIpc) is 2.91. The number of rotatable bonds is 2. The number of carbonyl (C=O) groups excluding carboxylic acids is 1. The minimum absolute atomic E-state index is 0.0741. The number of fused-ring (bicyclic) bond motifs is 5. The van der Waals surface area contributed by atoms with Gasteiger partial charge in [-0.15, -0.1) is 0 Å². The molecule has 4 rings (SSSR count). The molecule has 0 spiro atoms. The van der Waals surface area contributed by atoms with E-state index in [9.17, 15) is 4.79 Å². The fraction of sp³-hybridized carbons (Fsp3) is 0.800. The minimum atomic E-state index is -1.89. The molecule has 4 aliphatic carbocycles. The summed E-state index contributed by atoms with van der Waals surface area (Å²) in [5, 5.41) is 0.209. The first kappa shape index (κ1) is 20.6. The van der Waals surface area contributed by atoms with Crippen LogP contribution in [0.3, 0.4) is 0 Å². The maximum Gasteiger partial charge on any atom is 0.192 e. The fourth-order valence-corrected chi connectivity index (χ4v) is 8.05. The van der Waals surface area contributed by atoms with E-state index >= 15 is 0 Å². The van der Waals surface area contributed by atoms with E-state index in [4.69, 9.17) is 4.43 Å². The molecule has 156 valence electrons. The smallest absolute Gasteiger partial charge is 0.192 e. The van der Waals surface area contributed by atoms with Crippen molar-refractivity contribution in [2.75, 3.05) is 0 Å². The third-order valence-electron chi connectivity index (χ3n) is 9.44. The van der Waals surface area contributed by atoms with Crippen molar-refractivity contribution in [2.45, 2.75) is 92.0 Å². The van der Waals surface area contributed by atoms with Gasteiger partial charge >= 0.3 is 0 Å². The van der Waals surface area contributed by atoms with Crippen molar-refractivity contribution in [1.82, 2.24) is 0 Å². The molecular weight excluding hydrogens is 360 g/mol. The normalized spacial score (nSPS) is 42.0. The molecule has 0 aromatic carbocycles. The van der Waals surface area contributed by atoms with Crippen LogP contribution in [0.2, 0.25) is 18.1 Å². The van der Waals surface area contributed by atoms with Crippen molar-refractivity contribution in [3.8, 4) is 0 Å². The van der Waals surface area contributed by atoms with Crippen molar-refractivity contribution in [2.24, 2.45) is 34.5 Å². The molecule has 0 saturated heterocycles. The lowest BCUT2D eigenvalue weighted by Crippen LogP contribution is -2.51. The largest absolute Gasteiger partial charge is 0.413 e. The first-order valence-electron chi connectivity index (χ1n) is 11.3. The fourth-order valence-electron chi connectivity index (χ4n) is 6.66. The zero-order chi connectivity index (χ0) is 20.9. The lowest BCUT2D eigenvalue weighted by atomic mass is 9.60. The molecule has 3 heteroatoms. The van der Waals surface area contributed by atoms with Crippen molar-refractivity contribution < 1.29 is 9.22 Å². The minimum Gasteiger partial charge on any atom is -0.413 e. The van der Waals surface area contributed by atoms with E-state index in [0.29, 0.717) is 35.4 Å². The van der Waals surface area contributed by atoms with Gasteiger partial charge in [0.1, 0.15) is 0 Å². The molecule has 2 saturated carbocycles. The molecular formula is C25H40O2Si. The summed E-state index contributed by atoms with van der Waals surface area (Å²) in [6.07, 6.45) is 7.76. The highest BCUT2D eigenvalue weighted by Crippen LogP contribution is 2.74. The Morgan fingerprint density at radius 2 is 1.79 bits per heavy atom. The average molecular weight is 401 g/mol. The molecule has 0 bridgehead atoms. The van der Waals surface area contributed by atoms with Crippen LogP contribution in [-0.2, 0) is 9.22 Å². The molecule has 0 aliphatic heterocycles. The second-order valence-corrected chi connectivity index (χ2v) is 17.3. The van der Waals surface area contributed by atoms with E-state index in [-0.39, 0.29) is 16.6 Å². The standard InChI is InChI=1S/C25H40O2Si/c1-15-12-16-13-17(26)14-19(16)25(7)11-10-18-20(24(18,5)6)21(25)22(15)27-28(8,9)23(2,3)4/h12,14-15,18,20-22H,10-11,13H2,1-9H3/t15-,18-,20-,21-,22-,25-/m1/s1. The SMILES string of the molecule is C[C@@H]1C=C2CC(=O)C=C2[C@@]2(C)CC[C@@H]3[C@H]([C@@H]2[C@@H]1O[Si](C)(C)C(C)(C)C)C3(C)C. The Morgan fingerprint density at radius 1 is 1.14 bits per heavy atom. The van der Waals surface area contributed by atoms with Crippen LogP contribution in [0.15, 0.2) is 23.3 Å². The van der Waals surface area contributed by atoms with Crippen molar-refractivity contribution >= 4 is 14.1 Å². The Labute approximate surface area is 173 Å². The predicted octanol–water partition coefficient (Wildman–Crippen LogP) is 6.54. The van der Waals surface area contributed by atoms with Crippen molar-refractivity contribution in [3.05, 3.63) is 23.3 Å². The second-order valence-electron chi connectivity index (χ2n) is 12.5. The van der Waals surface area contributed by atoms with E-state index in [1.165, 1.54) is 24.0 Å². The van der Waals surface area contributed by atoms with Gasteiger partial charge in [0.25, 0.3) is 0 Å². The lowest BCUT2D eigenvalue weighted by Gasteiger charge is -2.50. The van der Waals surface area contributed by atoms with E-state index in [2.05, 4.69) is 67.6 Å². The monoisotopic (exact) mass is 400 g/mol. The van der Waals surface area contributed by atoms with Crippen LogP contribution in [0.25, 0.3) is 0 Å². The van der Waals surface area contributed by atoms with Crippen molar-refractivity contribution in [1.29, 1.82) is 0 Å². The number of allylic oxidation sites excluding steroid dienone is 3. The van der Waals surface area contributed by atoms with Gasteiger partial charge in [-0.25, -0.2) is 0 Å². The predicted molar refractivity (Wildman–Crippen MR) is 119 cm³/mol. The Kier molecular flexibility index (Phi) is 4.37. The first-order valence-corrected chi connectivity index (χ1v) is 14.2. The lowest BCUT2D eigenvalue weighted by molar-refractivity contribution is -0.113. The number of hydrogen-bond donors (Lipinski definition) is 0. The van der Waals surface area contributed by atoms with Crippen LogP contribution >= 0.6 is 0 Å². The number of carbonyl (C=O) groups is 1. The van der Waals surface area contributed by atoms with Crippen LogP contribution < -0.4 is 0 Å². The summed E-state index contributed by atoms with van der Waals surface area (Å²) in [4.78, 5) is 12.4. The summed E-state index contributed by atoms with van der Waals surface area (Å²) in [7, 11) is -1.89. The summed E-state index contributed by atoms with van der Waals surface area (Å²) in [5.41, 5.74) is 3.15. The maximum atomic E-state index is 12.4. The molecule has 6 atom stereocenters. The molecule has 0 unspecified atom stereocenters. The summed E-state index contributed by atoms with van der Waals surface area (Å²) in [6.45, 7) is 21.6. The van der Waals surface area contributed by atoms with Gasteiger partial charge in [-0.1, -0.05) is 54.5 Å². The van der Waals surface area contributed by atoms with Crippen LogP contribution in [-0.4, -0.2) is 20.2 Å². The summed E-state index contributed by atoms with van der Waals surface area (Å²) >= 11 is 0. The van der Waals surface area contributed by atoms with Crippen LogP contribution in [0.5, 0.6) is 0 Å². The maximum absolute atomic E-state index is 12.4. The van der Waals surface area contributed by atoms with Crippen LogP contribution in [0, 0.1) is 34.5 Å². The number of hydrogen-bond acceptors (Lipinski definition) is 2. The molecule has 4 aliphatic rings. The molecule has 2 nitrogen and oxygen atoms in total. The Hall–Kier alpha value is -0.673. The molecule has 0 aromatic rings. The second kappa shape index (κ2) is 5.94. The molecule has 0 heterocycles. The van der Waals surface area contributed by atoms with Crippen LogP contribution in [0.4, 0.5) is 0 Å². The summed E-state index contributed by atoms with van der Waals surface area (Å²) in [5.74, 6) is 2.71. The van der Waals surface area contributed by atoms with Gasteiger partial charge < -0.3 is 4.43 Å². The third-order valence-corrected chi connectivity index (χ3v) is 13.9. The number of ketones is 1.